The van der Waals surface area contributed by atoms with E-state index in [-0.39, 0.29) is 11.7 Å². The number of amides is 1. The number of hydrogen-bond donors (Lipinski definition) is 3. The second-order valence-corrected chi connectivity index (χ2v) is 4.98. The number of hydrogen-bond acceptors (Lipinski definition) is 4. The highest BCUT2D eigenvalue weighted by Crippen LogP contribution is 2.07. The molecule has 104 valence electrons. The van der Waals surface area contributed by atoms with Crippen molar-refractivity contribution in [2.24, 2.45) is 10.9 Å². The molecule has 0 aliphatic heterocycles. The first-order valence-electron chi connectivity index (χ1n) is 6.08. The molecule has 1 aromatic heterocycles. The van der Waals surface area contributed by atoms with Crippen LogP contribution in [-0.4, -0.2) is 23.5 Å². The quantitative estimate of drug-likeness (QED) is 0.339. The van der Waals surface area contributed by atoms with E-state index in [0.29, 0.717) is 17.7 Å². The van der Waals surface area contributed by atoms with Gasteiger partial charge in [-0.05, 0) is 40.9 Å². The highest BCUT2D eigenvalue weighted by Gasteiger charge is 2.07. The first-order valence-corrected chi connectivity index (χ1v) is 7.02. The van der Waals surface area contributed by atoms with Gasteiger partial charge in [0.15, 0.2) is 5.84 Å². The van der Waals surface area contributed by atoms with E-state index in [1.807, 2.05) is 11.4 Å². The molecule has 0 atom stereocenters. The molecule has 1 amide bonds. The van der Waals surface area contributed by atoms with E-state index < -0.39 is 0 Å². The van der Waals surface area contributed by atoms with Crippen molar-refractivity contribution in [3.63, 3.8) is 0 Å². The molecule has 4 N–H and O–H groups in total. The Morgan fingerprint density at radius 2 is 2.15 bits per heavy atom. The molecule has 6 heteroatoms. The molecule has 0 saturated carbocycles. The predicted octanol–water partition coefficient (Wildman–Crippen LogP) is 1.82. The molecule has 0 saturated heterocycles. The van der Waals surface area contributed by atoms with E-state index in [9.17, 15) is 4.79 Å². The summed E-state index contributed by atoms with van der Waals surface area (Å²) in [5.74, 6) is -0.189. The lowest BCUT2D eigenvalue weighted by atomic mass is 10.1. The third-order valence-corrected chi connectivity index (χ3v) is 3.54. The SMILES string of the molecule is NC(=NO)c1cccc(C(=O)NCCc2ccsc2)c1. The van der Waals surface area contributed by atoms with Crippen molar-refractivity contribution in [2.45, 2.75) is 6.42 Å². The van der Waals surface area contributed by atoms with Gasteiger partial charge in [-0.15, -0.1) is 0 Å². The van der Waals surface area contributed by atoms with Crippen LogP contribution in [0, 0.1) is 0 Å². The molecular formula is C14H15N3O2S. The summed E-state index contributed by atoms with van der Waals surface area (Å²) < 4.78 is 0. The summed E-state index contributed by atoms with van der Waals surface area (Å²) in [6.07, 6.45) is 0.801. The summed E-state index contributed by atoms with van der Waals surface area (Å²) in [5, 5.41) is 18.5. The Bertz CT molecular complexity index is 609. The summed E-state index contributed by atoms with van der Waals surface area (Å²) in [5.41, 5.74) is 7.70. The van der Waals surface area contributed by atoms with Crippen LogP contribution in [0.4, 0.5) is 0 Å². The van der Waals surface area contributed by atoms with Crippen LogP contribution in [0.1, 0.15) is 21.5 Å². The standard InChI is InChI=1S/C14H15N3O2S/c15-13(17-19)11-2-1-3-12(8-11)14(18)16-6-4-10-5-7-20-9-10/h1-3,5,7-9,19H,4,6H2,(H2,15,17)(H,16,18). The third-order valence-electron chi connectivity index (χ3n) is 2.81. The maximum atomic E-state index is 12.0. The molecule has 20 heavy (non-hydrogen) atoms. The summed E-state index contributed by atoms with van der Waals surface area (Å²) in [4.78, 5) is 12.0. The second kappa shape index (κ2) is 6.72. The molecule has 5 nitrogen and oxygen atoms in total. The van der Waals surface area contributed by atoms with Gasteiger partial charge in [0.25, 0.3) is 5.91 Å². The lowest BCUT2D eigenvalue weighted by Crippen LogP contribution is -2.26. The van der Waals surface area contributed by atoms with E-state index >= 15 is 0 Å². The van der Waals surface area contributed by atoms with Crippen LogP contribution in [0.5, 0.6) is 0 Å². The Labute approximate surface area is 120 Å². The molecule has 0 aliphatic carbocycles. The summed E-state index contributed by atoms with van der Waals surface area (Å²) in [6.45, 7) is 0.573. The van der Waals surface area contributed by atoms with Crippen LogP contribution in [0.25, 0.3) is 0 Å². The van der Waals surface area contributed by atoms with E-state index in [2.05, 4.69) is 15.9 Å². The van der Waals surface area contributed by atoms with E-state index in [4.69, 9.17) is 10.9 Å². The minimum absolute atomic E-state index is 0.0158. The number of nitrogens with one attached hydrogen (secondary N) is 1. The number of nitrogens with two attached hydrogens (primary N) is 1. The molecule has 2 aromatic rings. The first kappa shape index (κ1) is 14.1. The monoisotopic (exact) mass is 289 g/mol. The van der Waals surface area contributed by atoms with Crippen LogP contribution >= 0.6 is 11.3 Å². The van der Waals surface area contributed by atoms with Crippen molar-refractivity contribution in [3.8, 4) is 0 Å². The Hall–Kier alpha value is -2.34. The van der Waals surface area contributed by atoms with Crippen LogP contribution in [0.2, 0.25) is 0 Å². The zero-order chi connectivity index (χ0) is 14.4. The molecule has 1 heterocycles. The van der Waals surface area contributed by atoms with Crippen molar-refractivity contribution in [1.82, 2.24) is 5.32 Å². The van der Waals surface area contributed by atoms with Crippen molar-refractivity contribution in [3.05, 3.63) is 57.8 Å². The van der Waals surface area contributed by atoms with Gasteiger partial charge >= 0.3 is 0 Å². The van der Waals surface area contributed by atoms with Crippen molar-refractivity contribution < 1.29 is 10.0 Å². The van der Waals surface area contributed by atoms with Gasteiger partial charge in [-0.3, -0.25) is 4.79 Å². The van der Waals surface area contributed by atoms with Gasteiger partial charge in [-0.25, -0.2) is 0 Å². The van der Waals surface area contributed by atoms with Gasteiger partial charge in [0.05, 0.1) is 0 Å². The van der Waals surface area contributed by atoms with Crippen molar-refractivity contribution in [2.75, 3.05) is 6.54 Å². The summed E-state index contributed by atoms with van der Waals surface area (Å²) in [7, 11) is 0. The molecule has 0 spiro atoms. The maximum Gasteiger partial charge on any atom is 0.251 e. The number of amidine groups is 1. The fourth-order valence-electron chi connectivity index (χ4n) is 1.73. The largest absolute Gasteiger partial charge is 0.409 e. The van der Waals surface area contributed by atoms with Crippen LogP contribution in [-0.2, 0) is 6.42 Å². The number of carbonyl (C=O) groups excluding carboxylic acids is 1. The van der Waals surface area contributed by atoms with Gasteiger partial charge in [0.1, 0.15) is 0 Å². The van der Waals surface area contributed by atoms with Crippen molar-refractivity contribution in [1.29, 1.82) is 0 Å². The smallest absolute Gasteiger partial charge is 0.251 e. The maximum absolute atomic E-state index is 12.0. The topological polar surface area (TPSA) is 87.7 Å². The number of oxime groups is 1. The summed E-state index contributed by atoms with van der Waals surface area (Å²) in [6, 6.07) is 8.69. The van der Waals surface area contributed by atoms with Gasteiger partial charge in [-0.1, -0.05) is 17.3 Å². The molecule has 0 fully saturated rings. The van der Waals surface area contributed by atoms with E-state index in [1.54, 1.807) is 35.6 Å². The van der Waals surface area contributed by atoms with E-state index in [0.717, 1.165) is 6.42 Å². The molecule has 2 rings (SSSR count). The first-order chi connectivity index (χ1) is 9.70. The molecule has 0 bridgehead atoms. The lowest BCUT2D eigenvalue weighted by molar-refractivity contribution is 0.0954. The van der Waals surface area contributed by atoms with Gasteiger partial charge in [0.2, 0.25) is 0 Å². The average Bonchev–Trinajstić information content (AvgIpc) is 2.99. The Morgan fingerprint density at radius 3 is 2.85 bits per heavy atom. The molecule has 0 aliphatic rings. The number of rotatable bonds is 5. The fraction of sp³-hybridized carbons (Fsp3) is 0.143. The number of carbonyl (C=O) groups is 1. The highest BCUT2D eigenvalue weighted by molar-refractivity contribution is 7.07. The molecule has 0 unspecified atom stereocenters. The Balaban J connectivity index is 1.95. The highest BCUT2D eigenvalue weighted by atomic mass is 32.1. The molecule has 0 radical (unpaired) electrons. The fourth-order valence-corrected chi connectivity index (χ4v) is 2.44. The normalized spacial score (nSPS) is 11.3. The van der Waals surface area contributed by atoms with Crippen LogP contribution < -0.4 is 11.1 Å². The third kappa shape index (κ3) is 3.58. The zero-order valence-electron chi connectivity index (χ0n) is 10.7. The van der Waals surface area contributed by atoms with Crippen LogP contribution in [0.15, 0.2) is 46.2 Å². The Morgan fingerprint density at radius 1 is 1.35 bits per heavy atom. The van der Waals surface area contributed by atoms with Gasteiger partial charge in [-0.2, -0.15) is 11.3 Å². The summed E-state index contributed by atoms with van der Waals surface area (Å²) >= 11 is 1.64. The number of nitrogens with zero attached hydrogens (tertiary/aromatic N) is 1. The minimum Gasteiger partial charge on any atom is -0.409 e. The van der Waals surface area contributed by atoms with Crippen molar-refractivity contribution >= 4 is 23.1 Å². The Kier molecular flexibility index (Phi) is 4.73. The number of benzene rings is 1. The van der Waals surface area contributed by atoms with Crippen LogP contribution in [0.3, 0.4) is 0 Å². The predicted molar refractivity (Wildman–Crippen MR) is 79.3 cm³/mol. The van der Waals surface area contributed by atoms with Gasteiger partial charge in [0, 0.05) is 17.7 Å². The lowest BCUT2D eigenvalue weighted by Gasteiger charge is -2.06. The van der Waals surface area contributed by atoms with E-state index in [1.165, 1.54) is 5.56 Å². The second-order valence-electron chi connectivity index (χ2n) is 4.20. The van der Waals surface area contributed by atoms with Gasteiger partial charge < -0.3 is 16.3 Å². The molecular weight excluding hydrogens is 274 g/mol. The minimum atomic E-state index is -0.173. The average molecular weight is 289 g/mol. The zero-order valence-corrected chi connectivity index (χ0v) is 11.6. The number of thiophene rings is 1. The molecule has 1 aromatic carbocycles.